The van der Waals surface area contributed by atoms with Gasteiger partial charge >= 0.3 is 0 Å². The average Bonchev–Trinajstić information content (AvgIpc) is 3.23. The Balaban J connectivity index is 1.53. The molecule has 3 aromatic carbocycles. The number of nitrogens with zero attached hydrogens (tertiary/aromatic N) is 2. The van der Waals surface area contributed by atoms with Crippen molar-refractivity contribution in [2.24, 2.45) is 0 Å². The van der Waals surface area contributed by atoms with Crippen molar-refractivity contribution >= 4 is 16.9 Å². The molecule has 0 fully saturated rings. The van der Waals surface area contributed by atoms with Crippen molar-refractivity contribution in [3.8, 4) is 17.2 Å². The molecule has 1 heterocycles. The molecule has 1 amide bonds. The molecule has 0 spiro atoms. The van der Waals surface area contributed by atoms with Gasteiger partial charge in [-0.3, -0.25) is 4.79 Å². The molecule has 7 nitrogen and oxygen atoms in total. The van der Waals surface area contributed by atoms with E-state index in [0.717, 1.165) is 29.0 Å². The summed E-state index contributed by atoms with van der Waals surface area (Å²) in [6.45, 7) is 3.48. The first-order valence-corrected chi connectivity index (χ1v) is 10.8. The Bertz CT molecular complexity index is 1230. The van der Waals surface area contributed by atoms with E-state index in [-0.39, 0.29) is 5.91 Å². The first-order valence-electron chi connectivity index (χ1n) is 10.8. The Morgan fingerprint density at radius 1 is 0.970 bits per heavy atom. The van der Waals surface area contributed by atoms with Crippen molar-refractivity contribution in [2.75, 3.05) is 14.2 Å². The van der Waals surface area contributed by atoms with Crippen LogP contribution in [0.5, 0.6) is 17.2 Å². The second-order valence-electron chi connectivity index (χ2n) is 7.43. The Kier molecular flexibility index (Phi) is 6.78. The smallest absolute Gasteiger partial charge is 0.251 e. The van der Waals surface area contributed by atoms with Crippen molar-refractivity contribution in [3.63, 3.8) is 0 Å². The number of amides is 1. The number of ether oxygens (including phenoxy) is 3. The molecule has 7 heteroatoms. The molecule has 0 aliphatic rings. The van der Waals surface area contributed by atoms with Crippen LogP contribution < -0.4 is 19.5 Å². The summed E-state index contributed by atoms with van der Waals surface area (Å²) < 4.78 is 19.1. The van der Waals surface area contributed by atoms with Crippen LogP contribution in [-0.4, -0.2) is 29.7 Å². The largest absolute Gasteiger partial charge is 0.493 e. The Labute approximate surface area is 192 Å². The molecule has 0 saturated heterocycles. The Morgan fingerprint density at radius 3 is 2.30 bits per heavy atom. The molecule has 4 rings (SSSR count). The van der Waals surface area contributed by atoms with Gasteiger partial charge in [-0.2, -0.15) is 0 Å². The molecule has 0 saturated carbocycles. The summed E-state index contributed by atoms with van der Waals surface area (Å²) in [5, 5.41) is 2.96. The van der Waals surface area contributed by atoms with Crippen LogP contribution in [0.15, 0.2) is 66.7 Å². The summed E-state index contributed by atoms with van der Waals surface area (Å²) in [5.41, 5.74) is 3.39. The molecule has 0 unspecified atom stereocenters. The van der Waals surface area contributed by atoms with Crippen LogP contribution in [0.2, 0.25) is 0 Å². The molecular weight excluding hydrogens is 418 g/mol. The zero-order valence-corrected chi connectivity index (χ0v) is 19.0. The van der Waals surface area contributed by atoms with Gasteiger partial charge in [0.15, 0.2) is 11.5 Å². The number of fused-ring (bicyclic) bond motifs is 1. The van der Waals surface area contributed by atoms with Gasteiger partial charge in [-0.25, -0.2) is 4.98 Å². The Morgan fingerprint density at radius 2 is 1.64 bits per heavy atom. The minimum Gasteiger partial charge on any atom is -0.493 e. The molecule has 1 N–H and O–H groups in total. The van der Waals surface area contributed by atoms with Gasteiger partial charge < -0.3 is 24.1 Å². The topological polar surface area (TPSA) is 74.6 Å². The lowest BCUT2D eigenvalue weighted by Gasteiger charge is -2.16. The number of hydrogen-bond donors (Lipinski definition) is 1. The van der Waals surface area contributed by atoms with Gasteiger partial charge in [-0.15, -0.1) is 0 Å². The highest BCUT2D eigenvalue weighted by Gasteiger charge is 2.19. The standard InChI is InChI=1S/C26H27N3O4/c1-4-29-21-13-9-8-12-20(21)28-24(29)16-27-26(30)19-14-22(31-2)25(23(15-19)32-3)33-17-18-10-6-5-7-11-18/h5-15H,4,16-17H2,1-3H3,(H,27,30). The molecule has 0 aliphatic heterocycles. The van der Waals surface area contributed by atoms with Gasteiger partial charge in [0.25, 0.3) is 5.91 Å². The summed E-state index contributed by atoms with van der Waals surface area (Å²) in [5.74, 6) is 1.85. The molecule has 0 aliphatic carbocycles. The first-order chi connectivity index (χ1) is 16.1. The average molecular weight is 446 g/mol. The van der Waals surface area contributed by atoms with Gasteiger partial charge in [0.1, 0.15) is 12.4 Å². The van der Waals surface area contributed by atoms with Crippen molar-refractivity contribution in [2.45, 2.75) is 26.6 Å². The third kappa shape index (κ3) is 4.77. The van der Waals surface area contributed by atoms with E-state index in [1.165, 1.54) is 14.2 Å². The maximum atomic E-state index is 13.0. The number of imidazole rings is 1. The highest BCUT2D eigenvalue weighted by Crippen LogP contribution is 2.39. The van der Waals surface area contributed by atoms with Gasteiger partial charge in [0.2, 0.25) is 5.75 Å². The number of carbonyl (C=O) groups excluding carboxylic acids is 1. The van der Waals surface area contributed by atoms with Crippen LogP contribution in [0.4, 0.5) is 0 Å². The van der Waals surface area contributed by atoms with Gasteiger partial charge in [-0.05, 0) is 36.8 Å². The maximum absolute atomic E-state index is 13.0. The number of methoxy groups -OCH3 is 2. The van der Waals surface area contributed by atoms with Crippen LogP contribution in [0, 0.1) is 0 Å². The summed E-state index contributed by atoms with van der Waals surface area (Å²) in [4.78, 5) is 17.6. The number of aromatic nitrogens is 2. The van der Waals surface area contributed by atoms with E-state index in [1.807, 2.05) is 54.6 Å². The van der Waals surface area contributed by atoms with Crippen LogP contribution in [0.3, 0.4) is 0 Å². The lowest BCUT2D eigenvalue weighted by atomic mass is 10.1. The van der Waals surface area contributed by atoms with E-state index in [4.69, 9.17) is 14.2 Å². The van der Waals surface area contributed by atoms with Crippen LogP contribution in [0.1, 0.15) is 28.7 Å². The van der Waals surface area contributed by atoms with Crippen molar-refractivity contribution in [3.05, 3.63) is 83.7 Å². The molecular formula is C26H27N3O4. The van der Waals surface area contributed by atoms with E-state index in [0.29, 0.717) is 36.0 Å². The molecule has 4 aromatic rings. The van der Waals surface area contributed by atoms with E-state index >= 15 is 0 Å². The monoisotopic (exact) mass is 445 g/mol. The maximum Gasteiger partial charge on any atom is 0.251 e. The van der Waals surface area contributed by atoms with Crippen LogP contribution >= 0.6 is 0 Å². The normalized spacial score (nSPS) is 10.8. The molecule has 170 valence electrons. The zero-order valence-electron chi connectivity index (χ0n) is 19.0. The minimum absolute atomic E-state index is 0.254. The van der Waals surface area contributed by atoms with Gasteiger partial charge in [0, 0.05) is 12.1 Å². The van der Waals surface area contributed by atoms with Crippen molar-refractivity contribution < 1.29 is 19.0 Å². The summed E-state index contributed by atoms with van der Waals surface area (Å²) in [7, 11) is 3.07. The van der Waals surface area contributed by atoms with Crippen molar-refractivity contribution in [1.82, 2.24) is 14.9 Å². The van der Waals surface area contributed by atoms with Gasteiger partial charge in [-0.1, -0.05) is 42.5 Å². The van der Waals surface area contributed by atoms with E-state index in [2.05, 4.69) is 21.8 Å². The third-order valence-electron chi connectivity index (χ3n) is 5.41. The first kappa shape index (κ1) is 22.2. The molecule has 1 aromatic heterocycles. The zero-order chi connectivity index (χ0) is 23.2. The van der Waals surface area contributed by atoms with Crippen molar-refractivity contribution in [1.29, 1.82) is 0 Å². The minimum atomic E-state index is -0.254. The number of carbonyl (C=O) groups is 1. The number of rotatable bonds is 9. The fourth-order valence-corrected chi connectivity index (χ4v) is 3.76. The SMILES string of the molecule is CCn1c(CNC(=O)c2cc(OC)c(OCc3ccccc3)c(OC)c2)nc2ccccc21. The summed E-state index contributed by atoms with van der Waals surface area (Å²) >= 11 is 0. The van der Waals surface area contributed by atoms with Crippen LogP contribution in [0.25, 0.3) is 11.0 Å². The number of nitrogens with one attached hydrogen (secondary N) is 1. The van der Waals surface area contributed by atoms with Gasteiger partial charge in [0.05, 0.1) is 31.8 Å². The Hall–Kier alpha value is -4.00. The summed E-state index contributed by atoms with van der Waals surface area (Å²) in [6.07, 6.45) is 0. The lowest BCUT2D eigenvalue weighted by molar-refractivity contribution is 0.0948. The predicted octanol–water partition coefficient (Wildman–Crippen LogP) is 4.58. The third-order valence-corrected chi connectivity index (χ3v) is 5.41. The van der Waals surface area contributed by atoms with E-state index < -0.39 is 0 Å². The van der Waals surface area contributed by atoms with E-state index in [9.17, 15) is 4.79 Å². The lowest BCUT2D eigenvalue weighted by Crippen LogP contribution is -2.24. The number of hydrogen-bond acceptors (Lipinski definition) is 5. The summed E-state index contributed by atoms with van der Waals surface area (Å²) in [6, 6.07) is 21.1. The predicted molar refractivity (Wildman–Crippen MR) is 127 cm³/mol. The number of benzene rings is 3. The fourth-order valence-electron chi connectivity index (χ4n) is 3.76. The molecule has 0 radical (unpaired) electrons. The highest BCUT2D eigenvalue weighted by atomic mass is 16.5. The number of aryl methyl sites for hydroxylation is 1. The second kappa shape index (κ2) is 10.1. The van der Waals surface area contributed by atoms with Crippen LogP contribution in [-0.2, 0) is 19.7 Å². The quantitative estimate of drug-likeness (QED) is 0.408. The van der Waals surface area contributed by atoms with E-state index in [1.54, 1.807) is 12.1 Å². The highest BCUT2D eigenvalue weighted by molar-refractivity contribution is 5.95. The molecule has 33 heavy (non-hydrogen) atoms. The molecule has 0 atom stereocenters. The second-order valence-corrected chi connectivity index (χ2v) is 7.43. The fraction of sp³-hybridized carbons (Fsp3) is 0.231. The number of para-hydroxylation sites is 2. The molecule has 0 bridgehead atoms.